The molecule has 1 saturated heterocycles. The van der Waals surface area contributed by atoms with Crippen molar-refractivity contribution in [2.75, 3.05) is 38.7 Å². The van der Waals surface area contributed by atoms with E-state index in [9.17, 15) is 18.5 Å². The lowest BCUT2D eigenvalue weighted by molar-refractivity contribution is -0.386. The highest BCUT2D eigenvalue weighted by Gasteiger charge is 2.34. The van der Waals surface area contributed by atoms with E-state index in [1.54, 1.807) is 0 Å². The Balaban J connectivity index is 2.53. The second-order valence-corrected chi connectivity index (χ2v) is 6.08. The van der Waals surface area contributed by atoms with Crippen molar-refractivity contribution in [3.8, 4) is 0 Å². The van der Waals surface area contributed by atoms with Crippen LogP contribution >= 0.6 is 0 Å². The van der Waals surface area contributed by atoms with Crippen LogP contribution in [0.4, 0.5) is 11.4 Å². The second-order valence-electron chi connectivity index (χ2n) is 4.18. The molecular weight excluding hydrogens is 286 g/mol. The maximum atomic E-state index is 12.5. The monoisotopic (exact) mass is 301 g/mol. The molecule has 9 heteroatoms. The Bertz CT molecular complexity index is 610. The number of nitrogens with one attached hydrogen (secondary N) is 1. The molecule has 20 heavy (non-hydrogen) atoms. The van der Waals surface area contributed by atoms with Gasteiger partial charge in [0, 0.05) is 20.1 Å². The maximum Gasteiger partial charge on any atom is 0.312 e. The van der Waals surface area contributed by atoms with E-state index in [2.05, 4.69) is 5.32 Å². The fourth-order valence-corrected chi connectivity index (χ4v) is 3.63. The first-order valence-corrected chi connectivity index (χ1v) is 7.45. The van der Waals surface area contributed by atoms with Crippen molar-refractivity contribution in [3.05, 3.63) is 28.3 Å². The summed E-state index contributed by atoms with van der Waals surface area (Å²) in [5.41, 5.74) is -0.258. The first kappa shape index (κ1) is 14.7. The van der Waals surface area contributed by atoms with Crippen LogP contribution in [-0.4, -0.2) is 51.0 Å². The molecule has 0 unspecified atom stereocenters. The molecule has 1 aliphatic heterocycles. The van der Waals surface area contributed by atoms with Crippen molar-refractivity contribution in [3.63, 3.8) is 0 Å². The third-order valence-corrected chi connectivity index (χ3v) is 4.97. The number of sulfonamides is 1. The summed E-state index contributed by atoms with van der Waals surface area (Å²) < 4.78 is 31.3. The van der Waals surface area contributed by atoms with E-state index in [0.29, 0.717) is 13.2 Å². The molecule has 1 aromatic carbocycles. The predicted octanol–water partition coefficient (Wildman–Crippen LogP) is 0.657. The zero-order chi connectivity index (χ0) is 14.8. The molecule has 0 spiro atoms. The van der Waals surface area contributed by atoms with E-state index in [1.807, 2.05) is 0 Å². The molecule has 0 atom stereocenters. The van der Waals surface area contributed by atoms with Gasteiger partial charge in [-0.3, -0.25) is 10.1 Å². The van der Waals surface area contributed by atoms with Crippen LogP contribution in [0.2, 0.25) is 0 Å². The van der Waals surface area contributed by atoms with Gasteiger partial charge in [-0.15, -0.1) is 0 Å². The van der Waals surface area contributed by atoms with Gasteiger partial charge in [-0.1, -0.05) is 6.07 Å². The minimum absolute atomic E-state index is 0.171. The van der Waals surface area contributed by atoms with Gasteiger partial charge in [-0.25, -0.2) is 8.42 Å². The van der Waals surface area contributed by atoms with Crippen LogP contribution in [0, 0.1) is 10.1 Å². The summed E-state index contributed by atoms with van der Waals surface area (Å²) in [6, 6.07) is 4.20. The number of hydrogen-bond donors (Lipinski definition) is 1. The fraction of sp³-hybridized carbons (Fsp3) is 0.455. The fourth-order valence-electron chi connectivity index (χ4n) is 2.05. The molecule has 0 radical (unpaired) electrons. The van der Waals surface area contributed by atoms with Crippen molar-refractivity contribution < 1.29 is 18.1 Å². The lowest BCUT2D eigenvalue weighted by atomic mass is 10.3. The highest BCUT2D eigenvalue weighted by Crippen LogP contribution is 2.33. The Kier molecular flexibility index (Phi) is 4.21. The molecule has 1 N–H and O–H groups in total. The van der Waals surface area contributed by atoms with Crippen LogP contribution < -0.4 is 5.32 Å². The molecule has 110 valence electrons. The Morgan fingerprint density at radius 2 is 2.00 bits per heavy atom. The molecule has 0 bridgehead atoms. The highest BCUT2D eigenvalue weighted by atomic mass is 32.2. The van der Waals surface area contributed by atoms with Crippen LogP contribution in [0.15, 0.2) is 23.1 Å². The van der Waals surface area contributed by atoms with Gasteiger partial charge in [-0.05, 0) is 12.1 Å². The summed E-state index contributed by atoms with van der Waals surface area (Å²) >= 11 is 0. The van der Waals surface area contributed by atoms with E-state index in [0.717, 1.165) is 0 Å². The zero-order valence-electron chi connectivity index (χ0n) is 10.9. The molecule has 1 fully saturated rings. The Morgan fingerprint density at radius 3 is 2.55 bits per heavy atom. The molecule has 1 aliphatic rings. The lowest BCUT2D eigenvalue weighted by Gasteiger charge is -2.26. The largest absolute Gasteiger partial charge is 0.383 e. The van der Waals surface area contributed by atoms with Crippen LogP contribution in [0.1, 0.15) is 0 Å². The van der Waals surface area contributed by atoms with Gasteiger partial charge in [0.2, 0.25) is 10.0 Å². The van der Waals surface area contributed by atoms with Gasteiger partial charge in [-0.2, -0.15) is 4.31 Å². The van der Waals surface area contributed by atoms with Gasteiger partial charge >= 0.3 is 5.69 Å². The minimum Gasteiger partial charge on any atom is -0.383 e. The third-order valence-electron chi connectivity index (χ3n) is 3.04. The van der Waals surface area contributed by atoms with E-state index in [-0.39, 0.29) is 23.7 Å². The summed E-state index contributed by atoms with van der Waals surface area (Å²) in [5.74, 6) is 0. The third kappa shape index (κ3) is 2.60. The van der Waals surface area contributed by atoms with Gasteiger partial charge in [0.1, 0.15) is 5.69 Å². The zero-order valence-corrected chi connectivity index (χ0v) is 11.7. The number of para-hydroxylation sites is 1. The summed E-state index contributed by atoms with van der Waals surface area (Å²) in [6.45, 7) is 0.976. The van der Waals surface area contributed by atoms with Crippen molar-refractivity contribution in [2.45, 2.75) is 4.90 Å². The average Bonchev–Trinajstić information content (AvgIpc) is 2.47. The molecule has 0 amide bonds. The summed E-state index contributed by atoms with van der Waals surface area (Å²) in [6.07, 6.45) is 0. The molecule has 1 heterocycles. The molecule has 1 aromatic rings. The summed E-state index contributed by atoms with van der Waals surface area (Å²) in [7, 11) is -2.39. The van der Waals surface area contributed by atoms with Gasteiger partial charge in [0.15, 0.2) is 4.90 Å². The van der Waals surface area contributed by atoms with Gasteiger partial charge < -0.3 is 10.1 Å². The van der Waals surface area contributed by atoms with Crippen LogP contribution in [0.3, 0.4) is 0 Å². The standard InChI is InChI=1S/C11H15N3O5S/c1-12-9-3-2-4-10(11(9)14(15)16)20(17,18)13-5-7-19-8-6-13/h2-4,12H,5-8H2,1H3. The van der Waals surface area contributed by atoms with E-state index in [1.165, 1.54) is 29.6 Å². The van der Waals surface area contributed by atoms with Crippen molar-refractivity contribution in [1.82, 2.24) is 4.31 Å². The minimum atomic E-state index is -3.90. The number of hydrogen-bond acceptors (Lipinski definition) is 6. The number of ether oxygens (including phenoxy) is 1. The second kappa shape index (κ2) is 5.73. The summed E-state index contributed by atoms with van der Waals surface area (Å²) in [4.78, 5) is 10.2. The van der Waals surface area contributed by atoms with Crippen LogP contribution in [-0.2, 0) is 14.8 Å². The van der Waals surface area contributed by atoms with Crippen molar-refractivity contribution >= 4 is 21.4 Å². The van der Waals surface area contributed by atoms with Crippen LogP contribution in [0.25, 0.3) is 0 Å². The SMILES string of the molecule is CNc1cccc(S(=O)(=O)N2CCOCC2)c1[N+](=O)[O-]. The molecular formula is C11H15N3O5S. The number of anilines is 1. The normalized spacial score (nSPS) is 16.9. The maximum absolute atomic E-state index is 12.5. The molecule has 0 aromatic heterocycles. The van der Waals surface area contributed by atoms with E-state index >= 15 is 0 Å². The first-order valence-electron chi connectivity index (χ1n) is 6.01. The smallest absolute Gasteiger partial charge is 0.312 e. The van der Waals surface area contributed by atoms with Crippen molar-refractivity contribution in [2.24, 2.45) is 0 Å². The Hall–Kier alpha value is -1.71. The molecule has 8 nitrogen and oxygen atoms in total. The number of rotatable bonds is 4. The quantitative estimate of drug-likeness (QED) is 0.647. The number of benzene rings is 1. The van der Waals surface area contributed by atoms with Crippen LogP contribution in [0.5, 0.6) is 0 Å². The van der Waals surface area contributed by atoms with E-state index < -0.39 is 20.6 Å². The van der Waals surface area contributed by atoms with Gasteiger partial charge in [0.05, 0.1) is 18.1 Å². The first-order chi connectivity index (χ1) is 9.48. The number of nitro groups is 1. The van der Waals surface area contributed by atoms with Crippen molar-refractivity contribution in [1.29, 1.82) is 0 Å². The Labute approximate surface area is 116 Å². The topological polar surface area (TPSA) is 102 Å². The molecule has 0 aliphatic carbocycles. The lowest BCUT2D eigenvalue weighted by Crippen LogP contribution is -2.40. The van der Waals surface area contributed by atoms with Gasteiger partial charge in [0.25, 0.3) is 0 Å². The molecule has 2 rings (SSSR count). The highest BCUT2D eigenvalue weighted by molar-refractivity contribution is 7.89. The number of nitrogens with zero attached hydrogens (tertiary/aromatic N) is 2. The summed E-state index contributed by atoms with van der Waals surface area (Å²) in [5, 5.41) is 13.8. The number of nitro benzene ring substituents is 1. The Morgan fingerprint density at radius 1 is 1.35 bits per heavy atom. The average molecular weight is 301 g/mol. The molecule has 0 saturated carbocycles. The van der Waals surface area contributed by atoms with E-state index in [4.69, 9.17) is 4.74 Å². The predicted molar refractivity (Wildman–Crippen MR) is 72.2 cm³/mol. The number of morpholine rings is 1.